The maximum Gasteiger partial charge on any atom is 0.233 e. The quantitative estimate of drug-likeness (QED) is 0.659. The van der Waals surface area contributed by atoms with Crippen molar-refractivity contribution >= 4 is 17.7 Å². The minimum atomic E-state index is 0.179. The smallest absolute Gasteiger partial charge is 0.233 e. The zero-order chi connectivity index (χ0) is 17.4. The van der Waals surface area contributed by atoms with E-state index in [-0.39, 0.29) is 5.91 Å². The molecule has 0 aromatic heterocycles. The van der Waals surface area contributed by atoms with Crippen molar-refractivity contribution in [2.45, 2.75) is 31.7 Å². The Balaban J connectivity index is 1.93. The fourth-order valence-electron chi connectivity index (χ4n) is 2.38. The molecule has 0 fully saturated rings. The minimum Gasteiger partial charge on any atom is -0.497 e. The first-order valence-corrected chi connectivity index (χ1v) is 9.21. The van der Waals surface area contributed by atoms with E-state index in [9.17, 15) is 4.79 Å². The lowest BCUT2D eigenvalue weighted by Gasteiger charge is -2.22. The van der Waals surface area contributed by atoms with Crippen molar-refractivity contribution in [2.24, 2.45) is 0 Å². The lowest BCUT2D eigenvalue weighted by atomic mass is 10.1. The van der Waals surface area contributed by atoms with Crippen molar-refractivity contribution in [1.29, 1.82) is 0 Å². The predicted molar refractivity (Wildman–Crippen MR) is 101 cm³/mol. The van der Waals surface area contributed by atoms with Gasteiger partial charge in [-0.1, -0.05) is 36.8 Å². The molecule has 0 bridgehead atoms. The van der Waals surface area contributed by atoms with Gasteiger partial charge in [-0.2, -0.15) is 0 Å². The van der Waals surface area contributed by atoms with Crippen LogP contribution in [0.1, 0.15) is 24.5 Å². The summed E-state index contributed by atoms with van der Waals surface area (Å²) in [4.78, 5) is 15.6. The molecule has 0 aliphatic carbocycles. The monoisotopic (exact) mass is 343 g/mol. The minimum absolute atomic E-state index is 0.179. The number of aryl methyl sites for hydroxylation is 1. The summed E-state index contributed by atoms with van der Waals surface area (Å²) in [5.74, 6) is 1.47. The fraction of sp³-hybridized carbons (Fsp3) is 0.350. The van der Waals surface area contributed by atoms with Gasteiger partial charge in [-0.15, -0.1) is 11.8 Å². The van der Waals surface area contributed by atoms with Crippen molar-refractivity contribution in [2.75, 3.05) is 19.4 Å². The van der Waals surface area contributed by atoms with Crippen LogP contribution in [-0.2, 0) is 11.3 Å². The molecule has 0 radical (unpaired) electrons. The molecule has 128 valence electrons. The largest absolute Gasteiger partial charge is 0.497 e. The molecule has 0 spiro atoms. The molecule has 0 aliphatic rings. The standard InChI is InChI=1S/C20H25NO2S/c1-4-13-21(14-17-7-5-16(2)6-8-17)20(22)15-24-19-11-9-18(23-3)10-12-19/h5-12H,4,13-15H2,1-3H3. The second-order valence-corrected chi connectivity index (χ2v) is 6.81. The van der Waals surface area contributed by atoms with E-state index in [0.29, 0.717) is 12.3 Å². The Kier molecular flexibility index (Phi) is 7.19. The lowest BCUT2D eigenvalue weighted by Crippen LogP contribution is -2.32. The molecular weight excluding hydrogens is 318 g/mol. The van der Waals surface area contributed by atoms with Crippen LogP contribution in [0.5, 0.6) is 5.75 Å². The van der Waals surface area contributed by atoms with E-state index in [2.05, 4.69) is 38.1 Å². The van der Waals surface area contributed by atoms with E-state index in [1.807, 2.05) is 29.2 Å². The summed E-state index contributed by atoms with van der Waals surface area (Å²) in [5, 5.41) is 0. The summed E-state index contributed by atoms with van der Waals surface area (Å²) >= 11 is 1.57. The Labute approximate surface area is 149 Å². The number of nitrogens with zero attached hydrogens (tertiary/aromatic N) is 1. The van der Waals surface area contributed by atoms with Crippen LogP contribution >= 0.6 is 11.8 Å². The third-order valence-corrected chi connectivity index (χ3v) is 4.76. The second kappa shape index (κ2) is 9.38. The molecule has 4 heteroatoms. The van der Waals surface area contributed by atoms with Crippen LogP contribution < -0.4 is 4.74 Å². The maximum atomic E-state index is 12.6. The molecule has 0 aliphatic heterocycles. The van der Waals surface area contributed by atoms with E-state index >= 15 is 0 Å². The van der Waals surface area contributed by atoms with Gasteiger partial charge in [0.15, 0.2) is 0 Å². The van der Waals surface area contributed by atoms with Crippen LogP contribution in [0.25, 0.3) is 0 Å². The molecule has 0 atom stereocenters. The molecule has 0 N–H and O–H groups in total. The Morgan fingerprint density at radius 3 is 2.33 bits per heavy atom. The Morgan fingerprint density at radius 2 is 1.75 bits per heavy atom. The van der Waals surface area contributed by atoms with E-state index in [1.54, 1.807) is 18.9 Å². The molecule has 3 nitrogen and oxygen atoms in total. The average molecular weight is 343 g/mol. The van der Waals surface area contributed by atoms with Crippen LogP contribution in [0.2, 0.25) is 0 Å². The van der Waals surface area contributed by atoms with Gasteiger partial charge in [0.25, 0.3) is 0 Å². The topological polar surface area (TPSA) is 29.5 Å². The van der Waals surface area contributed by atoms with Gasteiger partial charge in [-0.25, -0.2) is 0 Å². The van der Waals surface area contributed by atoms with Crippen molar-refractivity contribution < 1.29 is 9.53 Å². The molecule has 0 saturated heterocycles. The maximum absolute atomic E-state index is 12.6. The van der Waals surface area contributed by atoms with Gasteiger partial charge in [0.2, 0.25) is 5.91 Å². The number of benzene rings is 2. The summed E-state index contributed by atoms with van der Waals surface area (Å²) in [6.07, 6.45) is 0.963. The molecule has 2 aromatic carbocycles. The van der Waals surface area contributed by atoms with Gasteiger partial charge in [-0.05, 0) is 43.2 Å². The molecule has 2 aromatic rings. The van der Waals surface area contributed by atoms with Crippen molar-refractivity contribution in [1.82, 2.24) is 4.90 Å². The van der Waals surface area contributed by atoms with E-state index in [1.165, 1.54) is 11.1 Å². The number of hydrogen-bond acceptors (Lipinski definition) is 3. The van der Waals surface area contributed by atoms with Gasteiger partial charge in [0, 0.05) is 18.0 Å². The number of amides is 1. The summed E-state index contributed by atoms with van der Waals surface area (Å²) in [5.41, 5.74) is 2.42. The molecular formula is C20H25NO2S. The number of rotatable bonds is 8. The first kappa shape index (κ1) is 18.4. The zero-order valence-electron chi connectivity index (χ0n) is 14.6. The number of methoxy groups -OCH3 is 1. The third-order valence-electron chi connectivity index (χ3n) is 3.76. The van der Waals surface area contributed by atoms with Crippen LogP contribution in [0.3, 0.4) is 0 Å². The van der Waals surface area contributed by atoms with Crippen molar-refractivity contribution in [3.8, 4) is 5.75 Å². The molecule has 2 rings (SSSR count). The second-order valence-electron chi connectivity index (χ2n) is 5.77. The van der Waals surface area contributed by atoms with Gasteiger partial charge in [-0.3, -0.25) is 4.79 Å². The van der Waals surface area contributed by atoms with Gasteiger partial charge in [0.1, 0.15) is 5.75 Å². The van der Waals surface area contributed by atoms with E-state index in [0.717, 1.165) is 23.6 Å². The summed E-state index contributed by atoms with van der Waals surface area (Å²) < 4.78 is 5.16. The van der Waals surface area contributed by atoms with Gasteiger partial charge in [0.05, 0.1) is 12.9 Å². The van der Waals surface area contributed by atoms with Gasteiger partial charge < -0.3 is 9.64 Å². The first-order chi connectivity index (χ1) is 11.6. The normalized spacial score (nSPS) is 10.5. The van der Waals surface area contributed by atoms with Gasteiger partial charge >= 0.3 is 0 Å². The number of hydrogen-bond donors (Lipinski definition) is 0. The highest BCUT2D eigenvalue weighted by molar-refractivity contribution is 8.00. The fourth-order valence-corrected chi connectivity index (χ4v) is 3.19. The Bertz CT molecular complexity index is 638. The SMILES string of the molecule is CCCN(Cc1ccc(C)cc1)C(=O)CSc1ccc(OC)cc1. The zero-order valence-corrected chi connectivity index (χ0v) is 15.4. The predicted octanol–water partition coefficient (Wildman–Crippen LogP) is 4.53. The third kappa shape index (κ3) is 5.60. The number of thioether (sulfide) groups is 1. The van der Waals surface area contributed by atoms with E-state index in [4.69, 9.17) is 4.74 Å². The molecule has 0 heterocycles. The summed E-state index contributed by atoms with van der Waals surface area (Å²) in [7, 11) is 1.65. The molecule has 0 saturated carbocycles. The van der Waals surface area contributed by atoms with Crippen molar-refractivity contribution in [3.63, 3.8) is 0 Å². The van der Waals surface area contributed by atoms with Crippen LogP contribution in [0.15, 0.2) is 53.4 Å². The summed E-state index contributed by atoms with van der Waals surface area (Å²) in [6, 6.07) is 16.2. The Hall–Kier alpha value is -1.94. The Morgan fingerprint density at radius 1 is 1.08 bits per heavy atom. The highest BCUT2D eigenvalue weighted by Crippen LogP contribution is 2.22. The van der Waals surface area contributed by atoms with Crippen LogP contribution in [-0.4, -0.2) is 30.2 Å². The van der Waals surface area contributed by atoms with Crippen LogP contribution in [0, 0.1) is 6.92 Å². The lowest BCUT2D eigenvalue weighted by molar-refractivity contribution is -0.129. The molecule has 1 amide bonds. The summed E-state index contributed by atoms with van der Waals surface area (Å²) in [6.45, 7) is 5.64. The molecule has 24 heavy (non-hydrogen) atoms. The first-order valence-electron chi connectivity index (χ1n) is 8.22. The highest BCUT2D eigenvalue weighted by atomic mass is 32.2. The molecule has 0 unspecified atom stereocenters. The van der Waals surface area contributed by atoms with Crippen LogP contribution in [0.4, 0.5) is 0 Å². The number of carbonyl (C=O) groups excluding carboxylic acids is 1. The average Bonchev–Trinajstić information content (AvgIpc) is 2.61. The highest BCUT2D eigenvalue weighted by Gasteiger charge is 2.13. The van der Waals surface area contributed by atoms with Crippen molar-refractivity contribution in [3.05, 3.63) is 59.7 Å². The van der Waals surface area contributed by atoms with E-state index < -0.39 is 0 Å². The number of ether oxygens (including phenoxy) is 1. The number of carbonyl (C=O) groups is 1.